The molecule has 7 nitrogen and oxygen atoms in total. The van der Waals surface area contributed by atoms with Crippen molar-refractivity contribution in [3.8, 4) is 0 Å². The Bertz CT molecular complexity index is 1000. The fraction of sp³-hybridized carbons (Fsp3) is 0.903. The second kappa shape index (κ2) is 9.02. The number of rotatable bonds is 2. The third-order valence-electron chi connectivity index (χ3n) is 12.3. The summed E-state index contributed by atoms with van der Waals surface area (Å²) in [6, 6.07) is 0. The van der Waals surface area contributed by atoms with Gasteiger partial charge in [-0.15, -0.1) is 0 Å². The topological polar surface area (TPSA) is 88.1 Å². The van der Waals surface area contributed by atoms with Crippen LogP contribution in [0.1, 0.15) is 92.9 Å². The quantitative estimate of drug-likeness (QED) is 0.460. The Hall–Kier alpha value is -1.47. The normalized spacial score (nSPS) is 53.5. The van der Waals surface area contributed by atoms with Gasteiger partial charge in [0, 0.05) is 38.5 Å². The molecule has 0 aromatic rings. The van der Waals surface area contributed by atoms with E-state index in [0.717, 1.165) is 38.7 Å². The van der Waals surface area contributed by atoms with Crippen LogP contribution in [-0.2, 0) is 33.3 Å². The fourth-order valence-electron chi connectivity index (χ4n) is 10.7. The van der Waals surface area contributed by atoms with E-state index in [0.29, 0.717) is 60.6 Å². The summed E-state index contributed by atoms with van der Waals surface area (Å²) in [6.45, 7) is 12.9. The Labute approximate surface area is 227 Å². The first kappa shape index (κ1) is 26.7. The van der Waals surface area contributed by atoms with Gasteiger partial charge in [-0.3, -0.25) is 14.4 Å². The van der Waals surface area contributed by atoms with E-state index in [1.54, 1.807) is 0 Å². The number of hydrogen-bond donors (Lipinski definition) is 0. The van der Waals surface area contributed by atoms with Crippen molar-refractivity contribution in [1.82, 2.24) is 0 Å². The largest absolute Gasteiger partial charge is 0.459 e. The van der Waals surface area contributed by atoms with Crippen LogP contribution < -0.4 is 0 Å². The Morgan fingerprint density at radius 2 is 1.63 bits per heavy atom. The molecule has 6 fully saturated rings. The van der Waals surface area contributed by atoms with Crippen LogP contribution in [0.3, 0.4) is 0 Å². The predicted molar refractivity (Wildman–Crippen MR) is 139 cm³/mol. The number of esters is 2. The third kappa shape index (κ3) is 3.84. The van der Waals surface area contributed by atoms with Crippen LogP contribution in [0.15, 0.2) is 0 Å². The lowest BCUT2D eigenvalue weighted by Gasteiger charge is -2.61. The Balaban J connectivity index is 1.26. The van der Waals surface area contributed by atoms with Crippen molar-refractivity contribution >= 4 is 17.7 Å². The van der Waals surface area contributed by atoms with Gasteiger partial charge in [-0.2, -0.15) is 0 Å². The van der Waals surface area contributed by atoms with E-state index < -0.39 is 24.0 Å². The lowest BCUT2D eigenvalue weighted by molar-refractivity contribution is -0.273. The van der Waals surface area contributed by atoms with Crippen LogP contribution in [0.4, 0.5) is 0 Å². The van der Waals surface area contributed by atoms with Gasteiger partial charge in [0.25, 0.3) is 0 Å². The molecule has 6 rings (SSSR count). The van der Waals surface area contributed by atoms with Crippen molar-refractivity contribution in [3.05, 3.63) is 0 Å². The second-order valence-corrected chi connectivity index (χ2v) is 14.4. The first-order valence-corrected chi connectivity index (χ1v) is 15.1. The molecule has 0 aromatic heterocycles. The molecule has 0 aromatic carbocycles. The summed E-state index contributed by atoms with van der Waals surface area (Å²) in [6.07, 6.45) is 6.09. The van der Waals surface area contributed by atoms with Crippen LogP contribution >= 0.6 is 0 Å². The Morgan fingerprint density at radius 1 is 0.921 bits per heavy atom. The lowest BCUT2D eigenvalue weighted by atomic mass is 9.43. The van der Waals surface area contributed by atoms with Crippen molar-refractivity contribution in [2.24, 2.45) is 52.3 Å². The maximum absolute atomic E-state index is 13.8. The lowest BCUT2D eigenvalue weighted by Crippen LogP contribution is -2.60. The number of carbonyl (C=O) groups is 3. The number of hydrogen-bond acceptors (Lipinski definition) is 7. The molecular weight excluding hydrogens is 484 g/mol. The van der Waals surface area contributed by atoms with E-state index in [1.807, 2.05) is 0 Å². The highest BCUT2D eigenvalue weighted by Gasteiger charge is 2.70. The SMILES string of the molecule is CC(=O)O[C@@H]1CC2C(=O)C[C@@H]3C(CC[C@@]4(C)C3C[C@@H]3O[C@]5(CC[C@@H](C)CO5)[C@@H](C)[C@@H]34)[C@@]2(C)C[C@H]1OC(C)=O. The molecule has 2 heterocycles. The Kier molecular flexibility index (Phi) is 6.35. The smallest absolute Gasteiger partial charge is 0.303 e. The van der Waals surface area contributed by atoms with Gasteiger partial charge >= 0.3 is 11.9 Å². The van der Waals surface area contributed by atoms with Crippen molar-refractivity contribution in [3.63, 3.8) is 0 Å². The molecule has 6 aliphatic rings. The predicted octanol–water partition coefficient (Wildman–Crippen LogP) is 5.09. The highest BCUT2D eigenvalue weighted by atomic mass is 16.7. The molecule has 13 atom stereocenters. The van der Waals surface area contributed by atoms with Gasteiger partial charge in [-0.1, -0.05) is 27.7 Å². The van der Waals surface area contributed by atoms with Crippen molar-refractivity contribution < 1.29 is 33.3 Å². The average molecular weight is 531 g/mol. The number of ether oxygens (including phenoxy) is 4. The summed E-state index contributed by atoms with van der Waals surface area (Å²) in [5.41, 5.74) is -0.138. The van der Waals surface area contributed by atoms with Gasteiger partial charge in [-0.25, -0.2) is 0 Å². The van der Waals surface area contributed by atoms with Gasteiger partial charge in [0.15, 0.2) is 5.79 Å². The van der Waals surface area contributed by atoms with Crippen LogP contribution in [0, 0.1) is 52.3 Å². The molecule has 2 aliphatic heterocycles. The molecule has 1 spiro atoms. The van der Waals surface area contributed by atoms with Crippen LogP contribution in [-0.4, -0.2) is 48.4 Å². The molecule has 0 amide bonds. The minimum atomic E-state index is -0.557. The number of Topliss-reactive ketones (excluding diaryl/α,β-unsaturated/α-hetero) is 1. The zero-order valence-corrected chi connectivity index (χ0v) is 24.0. The maximum Gasteiger partial charge on any atom is 0.303 e. The fourth-order valence-corrected chi connectivity index (χ4v) is 10.7. The van der Waals surface area contributed by atoms with E-state index in [-0.39, 0.29) is 28.8 Å². The minimum absolute atomic E-state index is 0.134. The van der Waals surface area contributed by atoms with Gasteiger partial charge < -0.3 is 18.9 Å². The molecule has 4 saturated carbocycles. The minimum Gasteiger partial charge on any atom is -0.459 e. The van der Waals surface area contributed by atoms with Crippen LogP contribution in [0.5, 0.6) is 0 Å². The van der Waals surface area contributed by atoms with Gasteiger partial charge in [-0.05, 0) is 78.9 Å². The van der Waals surface area contributed by atoms with E-state index in [2.05, 4.69) is 27.7 Å². The first-order chi connectivity index (χ1) is 17.9. The second-order valence-electron chi connectivity index (χ2n) is 14.4. The molecule has 38 heavy (non-hydrogen) atoms. The zero-order chi connectivity index (χ0) is 27.2. The molecule has 3 unspecified atom stereocenters. The summed E-state index contributed by atoms with van der Waals surface area (Å²) in [4.78, 5) is 37.6. The first-order valence-electron chi connectivity index (χ1n) is 15.1. The summed E-state index contributed by atoms with van der Waals surface area (Å²) >= 11 is 0. The standard InChI is InChI=1S/C31H46O7/c1-16-7-10-31(35-15-16)17(2)28-26(38-31)12-22-20-11-24(34)23-13-25(36-18(3)32)27(37-19(4)33)14-30(23,6)21(20)8-9-29(22,28)5/h16-17,20-23,25-28H,7-15H2,1-6H3/t16-,17+,20-,21?,22?,23?,25-,26+,27-,28+,29+,30-,31-/m1/s1. The van der Waals surface area contributed by atoms with Gasteiger partial charge in [0.05, 0.1) is 12.7 Å². The van der Waals surface area contributed by atoms with E-state index in [9.17, 15) is 14.4 Å². The molecule has 212 valence electrons. The van der Waals surface area contributed by atoms with Gasteiger partial charge in [0.1, 0.15) is 18.0 Å². The molecule has 0 bridgehead atoms. The summed E-state index contributed by atoms with van der Waals surface area (Å²) in [5.74, 6) is 1.46. The van der Waals surface area contributed by atoms with E-state index in [1.165, 1.54) is 13.8 Å². The van der Waals surface area contributed by atoms with E-state index in [4.69, 9.17) is 18.9 Å². The highest BCUT2D eigenvalue weighted by Crippen LogP contribution is 2.71. The number of ketones is 1. The molecular formula is C31H46O7. The summed E-state index contributed by atoms with van der Waals surface area (Å²) < 4.78 is 24.6. The van der Waals surface area contributed by atoms with Crippen molar-refractivity contribution in [2.45, 2.75) is 117 Å². The monoisotopic (exact) mass is 530 g/mol. The molecule has 2 saturated heterocycles. The maximum atomic E-state index is 13.8. The van der Waals surface area contributed by atoms with Gasteiger partial charge in [0.2, 0.25) is 0 Å². The third-order valence-corrected chi connectivity index (χ3v) is 12.3. The van der Waals surface area contributed by atoms with Crippen LogP contribution in [0.25, 0.3) is 0 Å². The number of fused-ring (bicyclic) bond motifs is 7. The Morgan fingerprint density at radius 3 is 2.29 bits per heavy atom. The average Bonchev–Trinajstić information content (AvgIpc) is 3.27. The molecule has 0 radical (unpaired) electrons. The summed E-state index contributed by atoms with van der Waals surface area (Å²) in [7, 11) is 0. The van der Waals surface area contributed by atoms with Crippen LogP contribution in [0.2, 0.25) is 0 Å². The highest BCUT2D eigenvalue weighted by molar-refractivity contribution is 5.83. The zero-order valence-electron chi connectivity index (χ0n) is 24.0. The van der Waals surface area contributed by atoms with Crippen molar-refractivity contribution in [2.75, 3.05) is 6.61 Å². The molecule has 7 heteroatoms. The van der Waals surface area contributed by atoms with E-state index >= 15 is 0 Å². The van der Waals surface area contributed by atoms with Crippen molar-refractivity contribution in [1.29, 1.82) is 0 Å². The molecule has 0 N–H and O–H groups in total. The number of carbonyl (C=O) groups excluding carboxylic acids is 3. The molecule has 4 aliphatic carbocycles. The summed E-state index contributed by atoms with van der Waals surface area (Å²) in [5, 5.41) is 0.